The number of aliphatic hydroxyl groups excluding tert-OH is 1. The lowest BCUT2D eigenvalue weighted by atomic mass is 10.1. The van der Waals surface area contributed by atoms with Gasteiger partial charge in [0.05, 0.1) is 19.6 Å². The first-order valence-corrected chi connectivity index (χ1v) is 5.72. The fraction of sp³-hybridized carbons (Fsp3) is 0.462. The number of methoxy groups -OCH3 is 1. The lowest BCUT2D eigenvalue weighted by molar-refractivity contribution is -0.126. The molecule has 0 saturated heterocycles. The van der Waals surface area contributed by atoms with E-state index >= 15 is 0 Å². The first-order valence-electron chi connectivity index (χ1n) is 5.72. The zero-order valence-corrected chi connectivity index (χ0v) is 10.3. The molecule has 0 aliphatic rings. The van der Waals surface area contributed by atoms with Gasteiger partial charge in [-0.15, -0.1) is 0 Å². The summed E-state index contributed by atoms with van der Waals surface area (Å²) in [4.78, 5) is 11.6. The van der Waals surface area contributed by atoms with Gasteiger partial charge in [0.15, 0.2) is 0 Å². The van der Waals surface area contributed by atoms with Crippen LogP contribution in [0.3, 0.4) is 0 Å². The van der Waals surface area contributed by atoms with Gasteiger partial charge in [0.1, 0.15) is 5.75 Å². The number of carbonyl (C=O) groups is 1. The molecule has 0 heterocycles. The van der Waals surface area contributed by atoms with Crippen LogP contribution in [0.1, 0.15) is 18.9 Å². The summed E-state index contributed by atoms with van der Waals surface area (Å²) >= 11 is 0. The number of benzene rings is 1. The lowest BCUT2D eigenvalue weighted by Crippen LogP contribution is -2.31. The van der Waals surface area contributed by atoms with Crippen LogP contribution in [0.2, 0.25) is 0 Å². The highest BCUT2D eigenvalue weighted by Gasteiger charge is 2.14. The van der Waals surface area contributed by atoms with E-state index in [1.807, 2.05) is 31.2 Å². The van der Waals surface area contributed by atoms with E-state index in [9.17, 15) is 4.79 Å². The second-order valence-electron chi connectivity index (χ2n) is 3.85. The van der Waals surface area contributed by atoms with Gasteiger partial charge in [0, 0.05) is 6.54 Å². The number of aliphatic hydroxyl groups is 1. The number of amides is 1. The van der Waals surface area contributed by atoms with Crippen LogP contribution in [0.4, 0.5) is 0 Å². The van der Waals surface area contributed by atoms with E-state index in [2.05, 4.69) is 5.32 Å². The Hall–Kier alpha value is -1.55. The Morgan fingerprint density at radius 3 is 2.53 bits per heavy atom. The molecule has 1 unspecified atom stereocenters. The van der Waals surface area contributed by atoms with E-state index in [1.165, 1.54) is 0 Å². The summed E-state index contributed by atoms with van der Waals surface area (Å²) in [7, 11) is 1.61. The molecule has 0 aliphatic carbocycles. The molecule has 0 radical (unpaired) electrons. The number of hydrogen-bond donors (Lipinski definition) is 2. The van der Waals surface area contributed by atoms with Crippen LogP contribution in [-0.2, 0) is 11.3 Å². The molecule has 2 N–H and O–H groups in total. The zero-order valence-electron chi connectivity index (χ0n) is 10.3. The topological polar surface area (TPSA) is 58.6 Å². The van der Waals surface area contributed by atoms with Gasteiger partial charge in [-0.1, -0.05) is 19.1 Å². The number of ether oxygens (including phenoxy) is 1. The molecule has 4 heteroatoms. The molecule has 1 amide bonds. The summed E-state index contributed by atoms with van der Waals surface area (Å²) in [6.07, 6.45) is 0.644. The molecule has 1 aromatic rings. The SMILES string of the molecule is CCC(CO)C(=O)NCc1ccc(OC)cc1. The Kier molecular flexibility index (Phi) is 5.49. The van der Waals surface area contributed by atoms with E-state index in [0.717, 1.165) is 11.3 Å². The number of hydrogen-bond acceptors (Lipinski definition) is 3. The van der Waals surface area contributed by atoms with Crippen LogP contribution in [0.15, 0.2) is 24.3 Å². The molecule has 94 valence electrons. The molecule has 0 spiro atoms. The third-order valence-electron chi connectivity index (χ3n) is 2.71. The van der Waals surface area contributed by atoms with Crippen LogP contribution >= 0.6 is 0 Å². The van der Waals surface area contributed by atoms with Gasteiger partial charge in [-0.25, -0.2) is 0 Å². The first kappa shape index (κ1) is 13.5. The number of carbonyl (C=O) groups excluding carboxylic acids is 1. The van der Waals surface area contributed by atoms with Crippen molar-refractivity contribution in [3.8, 4) is 5.75 Å². The van der Waals surface area contributed by atoms with Gasteiger partial charge in [-0.3, -0.25) is 4.79 Å². The van der Waals surface area contributed by atoms with Crippen molar-refractivity contribution in [1.82, 2.24) is 5.32 Å². The Morgan fingerprint density at radius 1 is 1.41 bits per heavy atom. The van der Waals surface area contributed by atoms with Crippen molar-refractivity contribution in [3.63, 3.8) is 0 Å². The van der Waals surface area contributed by atoms with Gasteiger partial charge in [-0.05, 0) is 24.1 Å². The van der Waals surface area contributed by atoms with E-state index in [-0.39, 0.29) is 18.4 Å². The van der Waals surface area contributed by atoms with E-state index < -0.39 is 0 Å². The molecule has 0 aromatic heterocycles. The monoisotopic (exact) mass is 237 g/mol. The van der Waals surface area contributed by atoms with Crippen LogP contribution in [-0.4, -0.2) is 24.7 Å². The Morgan fingerprint density at radius 2 is 2.06 bits per heavy atom. The Labute approximate surface area is 102 Å². The zero-order chi connectivity index (χ0) is 12.7. The summed E-state index contributed by atoms with van der Waals surface area (Å²) in [5.74, 6) is 0.376. The molecule has 1 atom stereocenters. The molecule has 0 bridgehead atoms. The fourth-order valence-corrected chi connectivity index (χ4v) is 1.47. The summed E-state index contributed by atoms with van der Waals surface area (Å²) in [5.41, 5.74) is 1.01. The molecule has 0 fully saturated rings. The highest BCUT2D eigenvalue weighted by atomic mass is 16.5. The van der Waals surface area contributed by atoms with Crippen molar-refractivity contribution in [1.29, 1.82) is 0 Å². The minimum Gasteiger partial charge on any atom is -0.497 e. The van der Waals surface area contributed by atoms with Crippen LogP contribution < -0.4 is 10.1 Å². The van der Waals surface area contributed by atoms with Crippen molar-refractivity contribution < 1.29 is 14.6 Å². The maximum absolute atomic E-state index is 11.6. The summed E-state index contributed by atoms with van der Waals surface area (Å²) in [6, 6.07) is 7.51. The molecule has 1 aromatic carbocycles. The van der Waals surface area contributed by atoms with Gasteiger partial charge < -0.3 is 15.2 Å². The minimum atomic E-state index is -0.312. The van der Waals surface area contributed by atoms with Crippen molar-refractivity contribution in [3.05, 3.63) is 29.8 Å². The summed E-state index contributed by atoms with van der Waals surface area (Å²) < 4.78 is 5.05. The lowest BCUT2D eigenvalue weighted by Gasteiger charge is -2.12. The van der Waals surface area contributed by atoms with E-state index in [1.54, 1.807) is 7.11 Å². The third-order valence-corrected chi connectivity index (χ3v) is 2.71. The molecular formula is C13H19NO3. The average Bonchev–Trinajstić information content (AvgIpc) is 2.38. The maximum atomic E-state index is 11.6. The highest BCUT2D eigenvalue weighted by Crippen LogP contribution is 2.11. The largest absolute Gasteiger partial charge is 0.497 e. The predicted molar refractivity (Wildman–Crippen MR) is 65.7 cm³/mol. The molecule has 1 rings (SSSR count). The van der Waals surface area contributed by atoms with E-state index in [4.69, 9.17) is 9.84 Å². The van der Waals surface area contributed by atoms with Gasteiger partial charge in [0.2, 0.25) is 5.91 Å². The highest BCUT2D eigenvalue weighted by molar-refractivity contribution is 5.78. The Balaban J connectivity index is 2.46. The van der Waals surface area contributed by atoms with Gasteiger partial charge in [-0.2, -0.15) is 0 Å². The smallest absolute Gasteiger partial charge is 0.225 e. The van der Waals surface area contributed by atoms with Crippen molar-refractivity contribution >= 4 is 5.91 Å². The normalized spacial score (nSPS) is 11.9. The molecule has 0 saturated carbocycles. The number of nitrogens with one attached hydrogen (secondary N) is 1. The summed E-state index contributed by atoms with van der Waals surface area (Å²) in [5, 5.41) is 11.8. The standard InChI is InChI=1S/C13H19NO3/c1-3-11(9-15)13(16)14-8-10-4-6-12(17-2)7-5-10/h4-7,11,15H,3,8-9H2,1-2H3,(H,14,16). The van der Waals surface area contributed by atoms with Gasteiger partial charge in [0.25, 0.3) is 0 Å². The summed E-state index contributed by atoms with van der Waals surface area (Å²) in [6.45, 7) is 2.25. The second kappa shape index (κ2) is 6.91. The van der Waals surface area contributed by atoms with Crippen molar-refractivity contribution in [2.45, 2.75) is 19.9 Å². The Bertz CT molecular complexity index is 344. The molecular weight excluding hydrogens is 218 g/mol. The first-order chi connectivity index (χ1) is 8.21. The van der Waals surface area contributed by atoms with Gasteiger partial charge >= 0.3 is 0 Å². The van der Waals surface area contributed by atoms with Crippen molar-refractivity contribution in [2.24, 2.45) is 5.92 Å². The van der Waals surface area contributed by atoms with Crippen LogP contribution in [0.25, 0.3) is 0 Å². The van der Waals surface area contributed by atoms with E-state index in [0.29, 0.717) is 13.0 Å². The number of rotatable bonds is 6. The quantitative estimate of drug-likeness (QED) is 0.784. The fourth-order valence-electron chi connectivity index (χ4n) is 1.47. The predicted octanol–water partition coefficient (Wildman–Crippen LogP) is 1.33. The van der Waals surface area contributed by atoms with Crippen LogP contribution in [0.5, 0.6) is 5.75 Å². The maximum Gasteiger partial charge on any atom is 0.225 e. The van der Waals surface area contributed by atoms with Crippen LogP contribution in [0, 0.1) is 5.92 Å². The molecule has 0 aliphatic heterocycles. The molecule has 17 heavy (non-hydrogen) atoms. The average molecular weight is 237 g/mol. The second-order valence-corrected chi connectivity index (χ2v) is 3.85. The third kappa shape index (κ3) is 4.07. The molecule has 4 nitrogen and oxygen atoms in total. The minimum absolute atomic E-state index is 0.106. The van der Waals surface area contributed by atoms with Crippen molar-refractivity contribution in [2.75, 3.05) is 13.7 Å².